The molecule has 0 radical (unpaired) electrons. The van der Waals surface area contributed by atoms with Crippen molar-refractivity contribution in [1.82, 2.24) is 14.8 Å². The third-order valence-corrected chi connectivity index (χ3v) is 9.16. The zero-order valence-electron chi connectivity index (χ0n) is 31.0. The second-order valence-electron chi connectivity index (χ2n) is 13.0. The number of aromatic nitrogens is 1. The summed E-state index contributed by atoms with van der Waals surface area (Å²) in [6, 6.07) is 31.2. The molecule has 6 rings (SSSR count). The van der Waals surface area contributed by atoms with E-state index < -0.39 is 0 Å². The highest BCUT2D eigenvalue weighted by atomic mass is 35.5. The van der Waals surface area contributed by atoms with Crippen LogP contribution in [0.4, 0.5) is 0 Å². The number of piperazine rings is 1. The van der Waals surface area contributed by atoms with Crippen molar-refractivity contribution in [2.75, 3.05) is 46.0 Å². The lowest BCUT2D eigenvalue weighted by atomic mass is 10.1. The van der Waals surface area contributed by atoms with Crippen molar-refractivity contribution in [3.63, 3.8) is 0 Å². The van der Waals surface area contributed by atoms with Gasteiger partial charge in [0.1, 0.15) is 42.8 Å². The topological polar surface area (TPSA) is 82.6 Å². The van der Waals surface area contributed by atoms with Crippen LogP contribution in [0.1, 0.15) is 34.7 Å². The Labute approximate surface area is 322 Å². The van der Waals surface area contributed by atoms with E-state index in [0.29, 0.717) is 61.9 Å². The molecule has 0 aliphatic carbocycles. The number of benzene rings is 4. The zero-order chi connectivity index (χ0) is 37.7. The summed E-state index contributed by atoms with van der Waals surface area (Å²) in [5.41, 5.74) is 5.14. The maximum absolute atomic E-state index is 13.1. The molecule has 1 amide bonds. The Morgan fingerprint density at radius 2 is 1.35 bits per heavy atom. The Kier molecular flexibility index (Phi) is 13.5. The summed E-state index contributed by atoms with van der Waals surface area (Å²) in [5, 5.41) is 0.436. The molecule has 0 spiro atoms. The van der Waals surface area contributed by atoms with Crippen LogP contribution in [0.3, 0.4) is 0 Å². The SMILES string of the molecule is CCOc1ccc(OCCOc2ccc(CN3CCN(C(=O)/C=C/c4cc(C)c(Oc5ccc(OCc6ccc(C)cc6)cn5)c(Cl)c4)CC3)cc2)cc1. The van der Waals surface area contributed by atoms with Crippen molar-refractivity contribution in [3.8, 4) is 34.6 Å². The Bertz CT molecular complexity index is 1950. The van der Waals surface area contributed by atoms with Crippen LogP contribution in [0.2, 0.25) is 5.02 Å². The van der Waals surface area contributed by atoms with Crippen molar-refractivity contribution in [2.45, 2.75) is 33.9 Å². The number of hydrogen-bond donors (Lipinski definition) is 0. The summed E-state index contributed by atoms with van der Waals surface area (Å²) < 4.78 is 29.0. The molecule has 1 saturated heterocycles. The number of carbonyl (C=O) groups excluding carboxylic acids is 1. The molecule has 0 bridgehead atoms. The average Bonchev–Trinajstić information content (AvgIpc) is 3.19. The number of aryl methyl sites for hydroxylation is 2. The number of ether oxygens (including phenoxy) is 5. The Hall–Kier alpha value is -5.51. The number of pyridine rings is 1. The van der Waals surface area contributed by atoms with Gasteiger partial charge in [0.05, 0.1) is 17.8 Å². The second kappa shape index (κ2) is 19.0. The molecule has 0 unspecified atom stereocenters. The molecule has 2 heterocycles. The minimum atomic E-state index is -0.0226. The average molecular weight is 748 g/mol. The normalized spacial score (nSPS) is 13.1. The van der Waals surface area contributed by atoms with Gasteiger partial charge in [-0.1, -0.05) is 53.6 Å². The first kappa shape index (κ1) is 38.2. The fourth-order valence-electron chi connectivity index (χ4n) is 5.92. The minimum absolute atomic E-state index is 0.0226. The summed E-state index contributed by atoms with van der Waals surface area (Å²) in [4.78, 5) is 21.7. The Morgan fingerprint density at radius 1 is 0.741 bits per heavy atom. The molecule has 10 heteroatoms. The molecule has 0 saturated carbocycles. The van der Waals surface area contributed by atoms with E-state index >= 15 is 0 Å². The van der Waals surface area contributed by atoms with Crippen LogP contribution in [0.25, 0.3) is 6.08 Å². The van der Waals surface area contributed by atoms with Gasteiger partial charge in [-0.25, -0.2) is 4.98 Å². The molecule has 0 atom stereocenters. The summed E-state index contributed by atoms with van der Waals surface area (Å²) in [5.74, 6) is 3.96. The molecule has 5 aromatic rings. The molecule has 54 heavy (non-hydrogen) atoms. The highest BCUT2D eigenvalue weighted by molar-refractivity contribution is 6.32. The van der Waals surface area contributed by atoms with Crippen LogP contribution < -0.4 is 23.7 Å². The van der Waals surface area contributed by atoms with E-state index in [1.807, 2.05) is 79.4 Å². The van der Waals surface area contributed by atoms with E-state index in [-0.39, 0.29) is 5.91 Å². The van der Waals surface area contributed by atoms with Crippen molar-refractivity contribution < 1.29 is 28.5 Å². The fourth-order valence-corrected chi connectivity index (χ4v) is 6.23. The van der Waals surface area contributed by atoms with Gasteiger partial charge < -0.3 is 28.6 Å². The first-order valence-corrected chi connectivity index (χ1v) is 18.6. The van der Waals surface area contributed by atoms with Crippen LogP contribution in [0.5, 0.6) is 34.6 Å². The first-order chi connectivity index (χ1) is 26.3. The van der Waals surface area contributed by atoms with Crippen LogP contribution in [0, 0.1) is 13.8 Å². The maximum Gasteiger partial charge on any atom is 0.246 e. The van der Waals surface area contributed by atoms with Crippen molar-refractivity contribution in [2.24, 2.45) is 0 Å². The quantitative estimate of drug-likeness (QED) is 0.0732. The van der Waals surface area contributed by atoms with E-state index in [9.17, 15) is 4.79 Å². The van der Waals surface area contributed by atoms with Crippen molar-refractivity contribution in [3.05, 3.63) is 142 Å². The van der Waals surface area contributed by atoms with Crippen LogP contribution in [-0.4, -0.2) is 66.7 Å². The minimum Gasteiger partial charge on any atom is -0.494 e. The highest BCUT2D eigenvalue weighted by Crippen LogP contribution is 2.34. The Morgan fingerprint density at radius 3 is 1.96 bits per heavy atom. The Balaban J connectivity index is 0.905. The predicted octanol–water partition coefficient (Wildman–Crippen LogP) is 8.94. The van der Waals surface area contributed by atoms with Gasteiger partial charge in [-0.15, -0.1) is 0 Å². The molecular formula is C44H46ClN3O6. The lowest BCUT2D eigenvalue weighted by Crippen LogP contribution is -2.47. The van der Waals surface area contributed by atoms with Gasteiger partial charge in [0.2, 0.25) is 11.8 Å². The van der Waals surface area contributed by atoms with E-state index in [1.165, 1.54) is 11.1 Å². The maximum atomic E-state index is 13.1. The summed E-state index contributed by atoms with van der Waals surface area (Å²) in [7, 11) is 0. The zero-order valence-corrected chi connectivity index (χ0v) is 31.8. The lowest BCUT2D eigenvalue weighted by molar-refractivity contribution is -0.127. The number of hydrogen-bond acceptors (Lipinski definition) is 8. The molecule has 1 fully saturated rings. The van der Waals surface area contributed by atoms with Gasteiger partial charge in [0.15, 0.2) is 5.75 Å². The van der Waals surface area contributed by atoms with E-state index in [1.54, 1.807) is 30.5 Å². The van der Waals surface area contributed by atoms with Gasteiger partial charge in [0.25, 0.3) is 0 Å². The largest absolute Gasteiger partial charge is 0.494 e. The predicted molar refractivity (Wildman–Crippen MR) is 212 cm³/mol. The first-order valence-electron chi connectivity index (χ1n) is 18.2. The smallest absolute Gasteiger partial charge is 0.246 e. The fraction of sp³-hybridized carbons (Fsp3) is 0.273. The second-order valence-corrected chi connectivity index (χ2v) is 13.4. The van der Waals surface area contributed by atoms with Gasteiger partial charge in [-0.3, -0.25) is 9.69 Å². The number of amides is 1. The van der Waals surface area contributed by atoms with Gasteiger partial charge in [-0.05, 0) is 104 Å². The van der Waals surface area contributed by atoms with E-state index in [2.05, 4.69) is 41.1 Å². The highest BCUT2D eigenvalue weighted by Gasteiger charge is 2.20. The standard InChI is InChI=1S/C44H46ClN3O6/c1-4-50-37-14-16-39(17-15-37)52-26-25-51-38-12-9-34(10-13-38)30-47-21-23-48(24-22-47)43(49)20-11-36-27-33(3)44(41(45)28-36)54-42-19-18-40(29-46-42)53-31-35-7-5-32(2)6-8-35/h5-20,27-29H,4,21-26,30-31H2,1-3H3/b20-11+. The summed E-state index contributed by atoms with van der Waals surface area (Å²) in [6.45, 7) is 11.7. The van der Waals surface area contributed by atoms with Crippen LogP contribution in [0.15, 0.2) is 109 Å². The molecule has 1 aromatic heterocycles. The van der Waals surface area contributed by atoms with E-state index in [4.69, 9.17) is 35.3 Å². The molecule has 0 N–H and O–H groups in total. The molecule has 280 valence electrons. The van der Waals surface area contributed by atoms with Crippen LogP contribution >= 0.6 is 11.6 Å². The monoisotopic (exact) mass is 747 g/mol. The number of halogens is 1. The van der Waals surface area contributed by atoms with Gasteiger partial charge in [0, 0.05) is 44.9 Å². The number of rotatable bonds is 16. The summed E-state index contributed by atoms with van der Waals surface area (Å²) >= 11 is 6.63. The van der Waals surface area contributed by atoms with Crippen LogP contribution in [-0.2, 0) is 17.9 Å². The third-order valence-electron chi connectivity index (χ3n) is 8.88. The molecule has 4 aromatic carbocycles. The van der Waals surface area contributed by atoms with E-state index in [0.717, 1.165) is 53.6 Å². The third kappa shape index (κ3) is 11.2. The van der Waals surface area contributed by atoms with Gasteiger partial charge in [-0.2, -0.15) is 0 Å². The van der Waals surface area contributed by atoms with Gasteiger partial charge >= 0.3 is 0 Å². The van der Waals surface area contributed by atoms with Crippen molar-refractivity contribution >= 4 is 23.6 Å². The summed E-state index contributed by atoms with van der Waals surface area (Å²) in [6.07, 6.45) is 5.04. The molecule has 1 aliphatic rings. The molecular weight excluding hydrogens is 702 g/mol. The lowest BCUT2D eigenvalue weighted by Gasteiger charge is -2.34. The molecule has 1 aliphatic heterocycles. The molecule has 9 nitrogen and oxygen atoms in total. The number of carbonyl (C=O) groups is 1. The number of nitrogens with zero attached hydrogens (tertiary/aromatic N) is 3. The van der Waals surface area contributed by atoms with Crippen molar-refractivity contribution in [1.29, 1.82) is 0 Å².